The van der Waals surface area contributed by atoms with E-state index in [0.717, 1.165) is 61.3 Å². The molecule has 8 heteroatoms. The summed E-state index contributed by atoms with van der Waals surface area (Å²) in [6, 6.07) is 12.3. The quantitative estimate of drug-likeness (QED) is 0.579. The molecule has 2 saturated heterocycles. The average molecular weight is 486 g/mol. The lowest BCUT2D eigenvalue weighted by atomic mass is 10.1. The summed E-state index contributed by atoms with van der Waals surface area (Å²) in [5.74, 6) is 0.251. The van der Waals surface area contributed by atoms with Gasteiger partial charge >= 0.3 is 0 Å². The topological polar surface area (TPSA) is 53.4 Å². The Hall–Kier alpha value is -2.28. The van der Waals surface area contributed by atoms with Gasteiger partial charge in [0.1, 0.15) is 0 Å². The van der Waals surface area contributed by atoms with Crippen LogP contribution in [-0.2, 0) is 4.79 Å². The van der Waals surface area contributed by atoms with Gasteiger partial charge in [0.15, 0.2) is 0 Å². The molecule has 5 rings (SSSR count). The molecule has 6 nitrogen and oxygen atoms in total. The molecule has 1 unspecified atom stereocenters. The molecule has 3 heterocycles. The van der Waals surface area contributed by atoms with Gasteiger partial charge in [-0.1, -0.05) is 29.3 Å². The number of aromatic nitrogens is 2. The molecule has 1 N–H and O–H groups in total. The van der Waals surface area contributed by atoms with Crippen molar-refractivity contribution in [3.63, 3.8) is 0 Å². The second-order valence-electron chi connectivity index (χ2n) is 9.14. The maximum atomic E-state index is 12.8. The Bertz CT molecular complexity index is 1170. The second kappa shape index (κ2) is 9.16. The number of fused-ring (bicyclic) bond motifs is 1. The number of nitrogens with zero attached hydrogens (tertiary/aromatic N) is 4. The van der Waals surface area contributed by atoms with Crippen LogP contribution < -0.4 is 10.2 Å². The third-order valence-electron chi connectivity index (χ3n) is 7.02. The number of nitrogens with one attached hydrogen (secondary N) is 1. The molecular formula is C25H29Cl2N5O. The summed E-state index contributed by atoms with van der Waals surface area (Å²) in [5.41, 5.74) is 4.17. The van der Waals surface area contributed by atoms with Gasteiger partial charge in [0, 0.05) is 41.4 Å². The van der Waals surface area contributed by atoms with E-state index in [1.165, 1.54) is 0 Å². The molecule has 2 aliphatic rings. The smallest absolute Gasteiger partial charge is 0.239 e. The molecule has 0 radical (unpaired) electrons. The van der Waals surface area contributed by atoms with Gasteiger partial charge < -0.3 is 19.7 Å². The Labute approximate surface area is 204 Å². The number of amides is 1. The van der Waals surface area contributed by atoms with Crippen LogP contribution in [0.3, 0.4) is 0 Å². The van der Waals surface area contributed by atoms with Crippen molar-refractivity contribution < 1.29 is 4.79 Å². The van der Waals surface area contributed by atoms with Crippen LogP contribution in [0.1, 0.15) is 38.3 Å². The maximum absolute atomic E-state index is 12.8. The molecule has 0 bridgehead atoms. The number of carbonyl (C=O) groups excluding carboxylic acids is 1. The fourth-order valence-electron chi connectivity index (χ4n) is 5.15. The van der Waals surface area contributed by atoms with E-state index in [9.17, 15) is 4.79 Å². The van der Waals surface area contributed by atoms with Gasteiger partial charge in [0.25, 0.3) is 0 Å². The molecule has 2 aliphatic heterocycles. The Morgan fingerprint density at radius 1 is 1.18 bits per heavy atom. The van der Waals surface area contributed by atoms with Crippen LogP contribution in [0.25, 0.3) is 11.0 Å². The van der Waals surface area contributed by atoms with Crippen molar-refractivity contribution >= 4 is 45.8 Å². The third-order valence-corrected chi connectivity index (χ3v) is 7.58. The number of hydrogen-bond donors (Lipinski definition) is 1. The molecular weight excluding hydrogens is 457 g/mol. The van der Waals surface area contributed by atoms with Crippen LogP contribution in [0.4, 0.5) is 5.69 Å². The second-order valence-corrected chi connectivity index (χ2v) is 9.99. The van der Waals surface area contributed by atoms with Crippen LogP contribution in [0.5, 0.6) is 0 Å². The molecule has 2 fully saturated rings. The number of hydrogen-bond acceptors (Lipinski definition) is 4. The van der Waals surface area contributed by atoms with Crippen molar-refractivity contribution in [3.05, 3.63) is 58.3 Å². The van der Waals surface area contributed by atoms with Gasteiger partial charge in [0.05, 0.1) is 29.4 Å². The fraction of sp³-hybridized carbons (Fsp3) is 0.440. The van der Waals surface area contributed by atoms with Gasteiger partial charge in [-0.05, 0) is 69.1 Å². The predicted molar refractivity (Wildman–Crippen MR) is 134 cm³/mol. The number of piperazine rings is 1. The highest BCUT2D eigenvalue weighted by Gasteiger charge is 2.32. The molecule has 2 aromatic carbocycles. The molecule has 0 saturated carbocycles. The van der Waals surface area contributed by atoms with Crippen molar-refractivity contribution in [1.82, 2.24) is 19.8 Å². The Balaban J connectivity index is 1.38. The summed E-state index contributed by atoms with van der Waals surface area (Å²) in [4.78, 5) is 21.9. The molecule has 1 amide bonds. The standard InChI is InChI=1S/C25H29Cl2N5O/c1-16-14-30(25(33)23-4-3-9-28-23)10-11-31(16)19-6-8-22-24(13-19)32(15-29-22)17(2)20-7-5-18(26)12-21(20)27/h5-8,12-13,15-17,23,28H,3-4,9-11,14H2,1-2H3/t16-,17?,23-/m1/s1. The first-order valence-electron chi connectivity index (χ1n) is 11.6. The minimum Gasteiger partial charge on any atom is -0.365 e. The van der Waals surface area contributed by atoms with Crippen LogP contribution in [0.15, 0.2) is 42.7 Å². The van der Waals surface area contributed by atoms with Crippen LogP contribution in [0.2, 0.25) is 10.0 Å². The number of imidazole rings is 1. The minimum atomic E-state index is -0.00405. The Kier molecular flexibility index (Phi) is 6.25. The highest BCUT2D eigenvalue weighted by Crippen LogP contribution is 2.32. The summed E-state index contributed by atoms with van der Waals surface area (Å²) in [5, 5.41) is 4.62. The first-order valence-corrected chi connectivity index (χ1v) is 12.4. The van der Waals surface area contributed by atoms with Crippen molar-refractivity contribution in [2.24, 2.45) is 0 Å². The van der Waals surface area contributed by atoms with Crippen LogP contribution in [0, 0.1) is 0 Å². The summed E-state index contributed by atoms with van der Waals surface area (Å²) >= 11 is 12.6. The third kappa shape index (κ3) is 4.32. The predicted octanol–water partition coefficient (Wildman–Crippen LogP) is 4.74. The first-order chi connectivity index (χ1) is 15.9. The zero-order valence-corrected chi connectivity index (χ0v) is 20.5. The van der Waals surface area contributed by atoms with E-state index >= 15 is 0 Å². The van der Waals surface area contributed by atoms with Gasteiger partial charge in [-0.15, -0.1) is 0 Å². The van der Waals surface area contributed by atoms with E-state index in [2.05, 4.69) is 51.8 Å². The van der Waals surface area contributed by atoms with E-state index in [0.29, 0.717) is 10.0 Å². The van der Waals surface area contributed by atoms with E-state index < -0.39 is 0 Å². The molecule has 3 aromatic rings. The average Bonchev–Trinajstić information content (AvgIpc) is 3.48. The highest BCUT2D eigenvalue weighted by molar-refractivity contribution is 6.35. The van der Waals surface area contributed by atoms with Crippen molar-refractivity contribution in [3.8, 4) is 0 Å². The summed E-state index contributed by atoms with van der Waals surface area (Å²) < 4.78 is 2.16. The lowest BCUT2D eigenvalue weighted by Crippen LogP contribution is -2.56. The molecule has 3 atom stereocenters. The van der Waals surface area contributed by atoms with Crippen molar-refractivity contribution in [2.45, 2.75) is 44.8 Å². The van der Waals surface area contributed by atoms with Crippen LogP contribution in [-0.4, -0.2) is 58.6 Å². The molecule has 1 aromatic heterocycles. The monoisotopic (exact) mass is 485 g/mol. The summed E-state index contributed by atoms with van der Waals surface area (Å²) in [6.45, 7) is 7.56. The van der Waals surface area contributed by atoms with Crippen molar-refractivity contribution in [1.29, 1.82) is 0 Å². The lowest BCUT2D eigenvalue weighted by Gasteiger charge is -2.42. The van der Waals surface area contributed by atoms with Gasteiger partial charge in [-0.2, -0.15) is 0 Å². The van der Waals surface area contributed by atoms with E-state index in [-0.39, 0.29) is 24.0 Å². The lowest BCUT2D eigenvalue weighted by molar-refractivity contribution is -0.133. The molecule has 33 heavy (non-hydrogen) atoms. The largest absolute Gasteiger partial charge is 0.365 e. The van der Waals surface area contributed by atoms with Gasteiger partial charge in [-0.3, -0.25) is 4.79 Å². The zero-order chi connectivity index (χ0) is 23.1. The van der Waals surface area contributed by atoms with Gasteiger partial charge in [0.2, 0.25) is 5.91 Å². The number of benzene rings is 2. The molecule has 174 valence electrons. The van der Waals surface area contributed by atoms with Crippen molar-refractivity contribution in [2.75, 3.05) is 31.1 Å². The number of carbonyl (C=O) groups is 1. The fourth-order valence-corrected chi connectivity index (χ4v) is 5.72. The molecule has 0 aliphatic carbocycles. The number of halogens is 2. The zero-order valence-electron chi connectivity index (χ0n) is 19.0. The summed E-state index contributed by atoms with van der Waals surface area (Å²) in [6.07, 6.45) is 3.90. The maximum Gasteiger partial charge on any atom is 0.239 e. The number of rotatable bonds is 4. The Morgan fingerprint density at radius 3 is 2.76 bits per heavy atom. The first kappa shape index (κ1) is 22.5. The summed E-state index contributed by atoms with van der Waals surface area (Å²) in [7, 11) is 0. The highest BCUT2D eigenvalue weighted by atomic mass is 35.5. The Morgan fingerprint density at radius 2 is 2.03 bits per heavy atom. The normalized spacial score (nSPS) is 22.2. The number of anilines is 1. The minimum absolute atomic E-state index is 0.00405. The van der Waals surface area contributed by atoms with E-state index in [1.54, 1.807) is 6.07 Å². The van der Waals surface area contributed by atoms with E-state index in [1.807, 2.05) is 23.4 Å². The van der Waals surface area contributed by atoms with Crippen LogP contribution >= 0.6 is 23.2 Å². The van der Waals surface area contributed by atoms with Gasteiger partial charge in [-0.25, -0.2) is 4.98 Å². The molecule has 0 spiro atoms. The van der Waals surface area contributed by atoms with E-state index in [4.69, 9.17) is 23.2 Å². The SMILES string of the molecule is CC(c1ccc(Cl)cc1Cl)n1cnc2ccc(N3CCN(C(=O)[C@H]4CCCN4)C[C@H]3C)cc21.